The van der Waals surface area contributed by atoms with E-state index in [1.807, 2.05) is 13.8 Å². The highest BCUT2D eigenvalue weighted by molar-refractivity contribution is 6.18. The van der Waals surface area contributed by atoms with E-state index >= 15 is 0 Å². The molecule has 0 aliphatic carbocycles. The fraction of sp³-hybridized carbons (Fsp3) is 0.778. The van der Waals surface area contributed by atoms with Gasteiger partial charge in [-0.15, -0.1) is 16.5 Å². The summed E-state index contributed by atoms with van der Waals surface area (Å²) in [5, 5.41) is 11.3. The van der Waals surface area contributed by atoms with Gasteiger partial charge >= 0.3 is 12.0 Å². The maximum atomic E-state index is 11.5. The van der Waals surface area contributed by atoms with Gasteiger partial charge in [0, 0.05) is 12.4 Å². The molecule has 1 atom stereocenters. The molecule has 0 bridgehead atoms. The van der Waals surface area contributed by atoms with Gasteiger partial charge in [-0.25, -0.2) is 9.59 Å². The third kappa shape index (κ3) is 5.48. The summed E-state index contributed by atoms with van der Waals surface area (Å²) < 4.78 is 0. The number of amides is 2. The van der Waals surface area contributed by atoms with Crippen LogP contribution in [-0.2, 0) is 4.79 Å². The van der Waals surface area contributed by atoms with E-state index in [1.54, 1.807) is 5.43 Å². The lowest BCUT2D eigenvalue weighted by molar-refractivity contribution is -0.142. The molecule has 0 aromatic rings. The second-order valence-corrected chi connectivity index (χ2v) is 4.25. The first-order chi connectivity index (χ1) is 7.93. The molecule has 0 heterocycles. The topological polar surface area (TPSA) is 99.1 Å². The molecule has 0 fully saturated rings. The minimum Gasteiger partial charge on any atom is -0.480 e. The van der Waals surface area contributed by atoms with Crippen LogP contribution in [0.5, 0.6) is 0 Å². The van der Waals surface area contributed by atoms with E-state index in [1.165, 1.54) is 0 Å². The maximum Gasteiger partial charge on any atom is 0.341 e. The summed E-state index contributed by atoms with van der Waals surface area (Å²) in [6.07, 6.45) is 0.276. The summed E-state index contributed by atoms with van der Waals surface area (Å²) in [6, 6.07) is -1.87. The molecule has 0 saturated carbocycles. The molecule has 0 aromatic carbocycles. The molecular weight excluding hydrogens is 250 g/mol. The van der Waals surface area contributed by atoms with Crippen molar-refractivity contribution in [3.63, 3.8) is 0 Å². The molecule has 2 N–H and O–H groups in total. The third-order valence-corrected chi connectivity index (χ3v) is 2.25. The Balaban J connectivity index is 4.87. The molecule has 0 spiro atoms. The number of halogens is 1. The quantitative estimate of drug-likeness (QED) is 0.413. The standard InChI is InChI=1S/C9H16ClN3O4/c1-6(2)5-7(8(14)15)13(4-3-10)9(16)11-12-17/h6-7H,3-5H2,1-2H3,(H,14,15)(H,11,16,17)/t7-/m0/s1. The molecule has 8 heteroatoms. The van der Waals surface area contributed by atoms with Crippen LogP contribution in [0, 0.1) is 10.8 Å². The molecule has 0 aromatic heterocycles. The second kappa shape index (κ2) is 7.83. The van der Waals surface area contributed by atoms with E-state index in [9.17, 15) is 14.5 Å². The summed E-state index contributed by atoms with van der Waals surface area (Å²) >= 11 is 5.50. The Bertz CT molecular complexity index is 285. The Morgan fingerprint density at radius 1 is 1.47 bits per heavy atom. The van der Waals surface area contributed by atoms with Crippen LogP contribution in [0.4, 0.5) is 4.79 Å². The van der Waals surface area contributed by atoms with Crippen molar-refractivity contribution in [2.45, 2.75) is 26.3 Å². The van der Waals surface area contributed by atoms with Crippen molar-refractivity contribution in [3.8, 4) is 0 Å². The highest BCUT2D eigenvalue weighted by Gasteiger charge is 2.30. The predicted molar refractivity (Wildman–Crippen MR) is 62.6 cm³/mol. The van der Waals surface area contributed by atoms with Gasteiger partial charge in [-0.2, -0.15) is 5.43 Å². The van der Waals surface area contributed by atoms with Gasteiger partial charge in [0.2, 0.25) is 0 Å². The van der Waals surface area contributed by atoms with Gasteiger partial charge in [-0.3, -0.25) is 0 Å². The van der Waals surface area contributed by atoms with E-state index < -0.39 is 18.0 Å². The number of rotatable bonds is 7. The number of hydrogen-bond acceptors (Lipinski definition) is 4. The summed E-state index contributed by atoms with van der Waals surface area (Å²) in [7, 11) is 0. The van der Waals surface area contributed by atoms with Crippen molar-refractivity contribution in [1.29, 1.82) is 0 Å². The second-order valence-electron chi connectivity index (χ2n) is 3.87. The Hall–Kier alpha value is -1.37. The molecule has 7 nitrogen and oxygen atoms in total. The molecule has 0 rings (SSSR count). The first-order valence-corrected chi connectivity index (χ1v) is 5.65. The monoisotopic (exact) mass is 265 g/mol. The smallest absolute Gasteiger partial charge is 0.341 e. The zero-order chi connectivity index (χ0) is 13.4. The lowest BCUT2D eigenvalue weighted by Gasteiger charge is -2.28. The lowest BCUT2D eigenvalue weighted by atomic mass is 10.0. The zero-order valence-electron chi connectivity index (χ0n) is 9.72. The summed E-state index contributed by atoms with van der Waals surface area (Å²) in [4.78, 5) is 33.5. The molecule has 0 aliphatic heterocycles. The Kier molecular flexibility index (Phi) is 7.20. The van der Waals surface area contributed by atoms with E-state index in [-0.39, 0.29) is 24.8 Å². The normalized spacial score (nSPS) is 12.0. The van der Waals surface area contributed by atoms with Gasteiger partial charge in [-0.1, -0.05) is 13.8 Å². The van der Waals surface area contributed by atoms with Gasteiger partial charge in [0.05, 0.1) is 5.29 Å². The Morgan fingerprint density at radius 2 is 2.06 bits per heavy atom. The first kappa shape index (κ1) is 15.6. The number of urea groups is 1. The van der Waals surface area contributed by atoms with Crippen LogP contribution >= 0.6 is 11.6 Å². The van der Waals surface area contributed by atoms with E-state index in [2.05, 4.69) is 5.29 Å². The zero-order valence-corrected chi connectivity index (χ0v) is 10.5. The first-order valence-electron chi connectivity index (χ1n) is 5.11. The van der Waals surface area contributed by atoms with E-state index in [4.69, 9.17) is 16.7 Å². The Morgan fingerprint density at radius 3 is 2.41 bits per heavy atom. The highest BCUT2D eigenvalue weighted by Crippen LogP contribution is 2.12. The summed E-state index contributed by atoms with van der Waals surface area (Å²) in [5.74, 6) is -0.968. The molecule has 0 saturated heterocycles. The van der Waals surface area contributed by atoms with Gasteiger partial charge in [0.25, 0.3) is 0 Å². The van der Waals surface area contributed by atoms with Crippen LogP contribution in [0.1, 0.15) is 20.3 Å². The van der Waals surface area contributed by atoms with Crippen molar-refractivity contribution in [3.05, 3.63) is 4.91 Å². The molecule has 2 amide bonds. The average Bonchev–Trinajstić information content (AvgIpc) is 2.22. The van der Waals surface area contributed by atoms with E-state index in [0.717, 1.165) is 4.90 Å². The number of hydrogen-bond donors (Lipinski definition) is 2. The fourth-order valence-corrected chi connectivity index (χ4v) is 1.58. The van der Waals surface area contributed by atoms with Crippen LogP contribution in [0.3, 0.4) is 0 Å². The lowest BCUT2D eigenvalue weighted by Crippen LogP contribution is -2.49. The van der Waals surface area contributed by atoms with Crippen LogP contribution in [-0.4, -0.2) is 40.5 Å². The van der Waals surface area contributed by atoms with Crippen LogP contribution in [0.2, 0.25) is 0 Å². The van der Waals surface area contributed by atoms with Crippen molar-refractivity contribution in [1.82, 2.24) is 10.3 Å². The number of aliphatic carboxylic acids is 1. The Labute approximate surface area is 104 Å². The largest absolute Gasteiger partial charge is 0.480 e. The molecule has 98 valence electrons. The molecule has 0 radical (unpaired) electrons. The maximum absolute atomic E-state index is 11.5. The highest BCUT2D eigenvalue weighted by atomic mass is 35.5. The third-order valence-electron chi connectivity index (χ3n) is 2.08. The van der Waals surface area contributed by atoms with Crippen molar-refractivity contribution < 1.29 is 14.7 Å². The molecule has 0 unspecified atom stereocenters. The van der Waals surface area contributed by atoms with E-state index in [0.29, 0.717) is 0 Å². The molecular formula is C9H16ClN3O4. The summed E-state index contributed by atoms with van der Waals surface area (Å²) in [5.41, 5.74) is 1.67. The number of carboxylic acids is 1. The SMILES string of the molecule is CC(C)C[C@@H](C(=O)O)N(CCCl)C(=O)NN=O. The van der Waals surface area contributed by atoms with Gasteiger partial charge in [-0.05, 0) is 12.3 Å². The number of nitroso groups, excluding NO2 is 1. The number of carboxylic acid groups (broad SMARTS) is 1. The number of nitrogens with zero attached hydrogens (tertiary/aromatic N) is 2. The molecule has 17 heavy (non-hydrogen) atoms. The number of carbonyl (C=O) groups is 2. The van der Waals surface area contributed by atoms with Gasteiger partial charge < -0.3 is 10.0 Å². The van der Waals surface area contributed by atoms with Gasteiger partial charge in [0.1, 0.15) is 6.04 Å². The fourth-order valence-electron chi connectivity index (χ4n) is 1.40. The van der Waals surface area contributed by atoms with Crippen LogP contribution in [0.25, 0.3) is 0 Å². The van der Waals surface area contributed by atoms with Crippen molar-refractivity contribution >= 4 is 23.6 Å². The number of nitrogens with one attached hydrogen (secondary N) is 1. The molecule has 0 aliphatic rings. The van der Waals surface area contributed by atoms with Crippen LogP contribution < -0.4 is 5.43 Å². The van der Waals surface area contributed by atoms with Crippen LogP contribution in [0.15, 0.2) is 5.29 Å². The van der Waals surface area contributed by atoms with Crippen molar-refractivity contribution in [2.75, 3.05) is 12.4 Å². The van der Waals surface area contributed by atoms with Gasteiger partial charge in [0.15, 0.2) is 0 Å². The summed E-state index contributed by atoms with van der Waals surface area (Å²) in [6.45, 7) is 3.71. The predicted octanol–water partition coefficient (Wildman–Crippen LogP) is 1.42. The minimum atomic E-state index is -1.13. The van der Waals surface area contributed by atoms with Crippen molar-refractivity contribution in [2.24, 2.45) is 11.2 Å². The number of carbonyl (C=O) groups excluding carboxylic acids is 1. The number of alkyl halides is 1. The minimum absolute atomic E-state index is 0.0343. The average molecular weight is 266 g/mol.